The minimum atomic E-state index is 0.439. The van der Waals surface area contributed by atoms with Crippen LogP contribution in [-0.4, -0.2) is 6.29 Å². The summed E-state index contributed by atoms with van der Waals surface area (Å²) in [6.45, 7) is 2.08. The van der Waals surface area contributed by atoms with Crippen molar-refractivity contribution in [1.29, 1.82) is 0 Å². The lowest BCUT2D eigenvalue weighted by Gasteiger charge is -1.91. The molecule has 0 fully saturated rings. The Kier molecular flexibility index (Phi) is 2.21. The second-order valence-corrected chi connectivity index (χ2v) is 2.39. The number of allylic oxidation sites excluding steroid dienone is 6. The maximum atomic E-state index is 10.3. The van der Waals surface area contributed by atoms with Crippen molar-refractivity contribution in [1.82, 2.24) is 0 Å². The van der Waals surface area contributed by atoms with Crippen LogP contribution in [0, 0.1) is 5.92 Å². The first-order valence-electron chi connectivity index (χ1n) is 3.35. The molecular formula is C9H10O. The molecular weight excluding hydrogens is 124 g/mol. The largest absolute Gasteiger partial charge is 0.298 e. The monoisotopic (exact) mass is 134 g/mol. The van der Waals surface area contributed by atoms with Gasteiger partial charge in [-0.15, -0.1) is 0 Å². The molecule has 52 valence electrons. The van der Waals surface area contributed by atoms with Crippen LogP contribution in [0.4, 0.5) is 0 Å². The zero-order valence-electron chi connectivity index (χ0n) is 5.95. The highest BCUT2D eigenvalue weighted by Crippen LogP contribution is 2.07. The molecule has 0 heterocycles. The Morgan fingerprint density at radius 2 is 2.30 bits per heavy atom. The Morgan fingerprint density at radius 1 is 1.50 bits per heavy atom. The van der Waals surface area contributed by atoms with Crippen molar-refractivity contribution < 1.29 is 4.79 Å². The molecule has 1 aliphatic carbocycles. The van der Waals surface area contributed by atoms with Gasteiger partial charge in [-0.1, -0.05) is 37.3 Å². The van der Waals surface area contributed by atoms with Crippen molar-refractivity contribution in [3.05, 3.63) is 36.0 Å². The Morgan fingerprint density at radius 3 is 3.00 bits per heavy atom. The summed E-state index contributed by atoms with van der Waals surface area (Å²) < 4.78 is 0. The molecule has 1 unspecified atom stereocenters. The van der Waals surface area contributed by atoms with Gasteiger partial charge in [-0.25, -0.2) is 0 Å². The Bertz CT molecular complexity index is 209. The quantitative estimate of drug-likeness (QED) is 0.500. The number of carbonyl (C=O) groups excluding carboxylic acids is 1. The standard InChI is InChI=1S/C9H10O/c1-8-3-2-4-9(7-10)6-5-8/h2-8H,1H3. The predicted molar refractivity (Wildman–Crippen MR) is 41.6 cm³/mol. The minimum Gasteiger partial charge on any atom is -0.298 e. The molecule has 1 aliphatic rings. The molecule has 0 spiro atoms. The zero-order valence-corrected chi connectivity index (χ0v) is 5.95. The second kappa shape index (κ2) is 3.16. The molecule has 0 radical (unpaired) electrons. The highest BCUT2D eigenvalue weighted by atomic mass is 16.1. The Hall–Kier alpha value is -1.11. The Balaban J connectivity index is 2.80. The highest BCUT2D eigenvalue weighted by molar-refractivity contribution is 5.78. The molecule has 10 heavy (non-hydrogen) atoms. The molecule has 0 bridgehead atoms. The third kappa shape index (κ3) is 1.69. The fraction of sp³-hybridized carbons (Fsp3) is 0.222. The molecule has 1 heteroatoms. The molecule has 0 aromatic rings. The summed E-state index contributed by atoms with van der Waals surface area (Å²) in [7, 11) is 0. The van der Waals surface area contributed by atoms with Gasteiger partial charge in [-0.2, -0.15) is 0 Å². The van der Waals surface area contributed by atoms with Crippen LogP contribution in [0.25, 0.3) is 0 Å². The summed E-state index contributed by atoms with van der Waals surface area (Å²) in [6.07, 6.45) is 10.5. The van der Waals surface area contributed by atoms with Crippen LogP contribution in [0.3, 0.4) is 0 Å². The van der Waals surface area contributed by atoms with Crippen molar-refractivity contribution in [2.24, 2.45) is 5.92 Å². The van der Waals surface area contributed by atoms with E-state index in [9.17, 15) is 4.79 Å². The van der Waals surface area contributed by atoms with Crippen molar-refractivity contribution in [2.45, 2.75) is 6.92 Å². The lowest BCUT2D eigenvalue weighted by Crippen LogP contribution is -1.79. The van der Waals surface area contributed by atoms with Crippen LogP contribution < -0.4 is 0 Å². The van der Waals surface area contributed by atoms with Crippen LogP contribution in [0.1, 0.15) is 6.92 Å². The third-order valence-corrected chi connectivity index (χ3v) is 1.43. The molecule has 1 nitrogen and oxygen atoms in total. The van der Waals surface area contributed by atoms with E-state index >= 15 is 0 Å². The summed E-state index contributed by atoms with van der Waals surface area (Å²) in [6, 6.07) is 0. The third-order valence-electron chi connectivity index (χ3n) is 1.43. The van der Waals surface area contributed by atoms with E-state index < -0.39 is 0 Å². The van der Waals surface area contributed by atoms with Gasteiger partial charge in [-0.05, 0) is 5.92 Å². The summed E-state index contributed by atoms with van der Waals surface area (Å²) in [5, 5.41) is 0. The van der Waals surface area contributed by atoms with E-state index in [1.807, 2.05) is 30.4 Å². The van der Waals surface area contributed by atoms with Gasteiger partial charge in [0, 0.05) is 5.57 Å². The first-order chi connectivity index (χ1) is 4.83. The maximum absolute atomic E-state index is 10.3. The molecule has 0 saturated carbocycles. The average molecular weight is 134 g/mol. The second-order valence-electron chi connectivity index (χ2n) is 2.39. The van der Waals surface area contributed by atoms with E-state index in [4.69, 9.17) is 0 Å². The van der Waals surface area contributed by atoms with Crippen molar-refractivity contribution >= 4 is 6.29 Å². The number of hydrogen-bond donors (Lipinski definition) is 0. The van der Waals surface area contributed by atoms with E-state index in [0.29, 0.717) is 5.92 Å². The number of carbonyl (C=O) groups is 1. The lowest BCUT2D eigenvalue weighted by atomic mass is 10.1. The molecule has 0 saturated heterocycles. The van der Waals surface area contributed by atoms with Crippen molar-refractivity contribution in [3.8, 4) is 0 Å². The lowest BCUT2D eigenvalue weighted by molar-refractivity contribution is -0.104. The van der Waals surface area contributed by atoms with Crippen LogP contribution in [0.15, 0.2) is 36.0 Å². The summed E-state index contributed by atoms with van der Waals surface area (Å²) in [5.41, 5.74) is 0.737. The molecule has 1 rings (SSSR count). The SMILES string of the molecule is CC1C=CC=C(C=O)C=C1. The minimum absolute atomic E-state index is 0.439. The van der Waals surface area contributed by atoms with Crippen LogP contribution in [0.2, 0.25) is 0 Å². The van der Waals surface area contributed by atoms with Crippen LogP contribution in [-0.2, 0) is 4.79 Å². The zero-order chi connectivity index (χ0) is 7.40. The van der Waals surface area contributed by atoms with Gasteiger partial charge in [0.2, 0.25) is 0 Å². The van der Waals surface area contributed by atoms with Crippen LogP contribution in [0.5, 0.6) is 0 Å². The molecule has 0 aromatic heterocycles. The maximum Gasteiger partial charge on any atom is 0.150 e. The normalized spacial score (nSPS) is 23.7. The van der Waals surface area contributed by atoms with E-state index in [1.54, 1.807) is 0 Å². The van der Waals surface area contributed by atoms with Gasteiger partial charge >= 0.3 is 0 Å². The average Bonchev–Trinajstić information content (AvgIpc) is 2.14. The van der Waals surface area contributed by atoms with Gasteiger partial charge < -0.3 is 0 Å². The van der Waals surface area contributed by atoms with Gasteiger partial charge in [-0.3, -0.25) is 4.79 Å². The van der Waals surface area contributed by atoms with Crippen molar-refractivity contribution in [3.63, 3.8) is 0 Å². The van der Waals surface area contributed by atoms with E-state index in [1.165, 1.54) is 0 Å². The van der Waals surface area contributed by atoms with E-state index in [-0.39, 0.29) is 0 Å². The molecule has 0 N–H and O–H groups in total. The topological polar surface area (TPSA) is 17.1 Å². The molecule has 0 aliphatic heterocycles. The summed E-state index contributed by atoms with van der Waals surface area (Å²) >= 11 is 0. The number of hydrogen-bond acceptors (Lipinski definition) is 1. The number of aldehydes is 1. The number of rotatable bonds is 1. The van der Waals surface area contributed by atoms with E-state index in [2.05, 4.69) is 6.92 Å². The van der Waals surface area contributed by atoms with Gasteiger partial charge in [0.1, 0.15) is 6.29 Å². The van der Waals surface area contributed by atoms with Gasteiger partial charge in [0.15, 0.2) is 0 Å². The smallest absolute Gasteiger partial charge is 0.150 e. The molecule has 0 amide bonds. The fourth-order valence-electron chi connectivity index (χ4n) is 0.803. The molecule has 0 aromatic carbocycles. The summed E-state index contributed by atoms with van der Waals surface area (Å²) in [5.74, 6) is 0.439. The van der Waals surface area contributed by atoms with Gasteiger partial charge in [0.25, 0.3) is 0 Å². The first-order valence-corrected chi connectivity index (χ1v) is 3.35. The van der Waals surface area contributed by atoms with Gasteiger partial charge in [0.05, 0.1) is 0 Å². The van der Waals surface area contributed by atoms with E-state index in [0.717, 1.165) is 11.9 Å². The fourth-order valence-corrected chi connectivity index (χ4v) is 0.803. The first kappa shape index (κ1) is 7.00. The molecule has 1 atom stereocenters. The highest BCUT2D eigenvalue weighted by Gasteiger charge is 1.94. The van der Waals surface area contributed by atoms with Crippen LogP contribution >= 0.6 is 0 Å². The van der Waals surface area contributed by atoms with Crippen molar-refractivity contribution in [2.75, 3.05) is 0 Å². The predicted octanol–water partition coefficient (Wildman–Crippen LogP) is 1.87. The Labute approximate surface area is 60.7 Å². The summed E-state index contributed by atoms with van der Waals surface area (Å²) in [4.78, 5) is 10.3.